The third kappa shape index (κ3) is 4.07. The maximum Gasteiger partial charge on any atom is 0.214 e. The average Bonchev–Trinajstić information content (AvgIpc) is 3.05. The third-order valence-corrected chi connectivity index (χ3v) is 6.81. The third-order valence-electron chi connectivity index (χ3n) is 4.95. The predicted molar refractivity (Wildman–Crippen MR) is 102 cm³/mol. The van der Waals surface area contributed by atoms with Crippen molar-refractivity contribution in [2.75, 3.05) is 26.0 Å². The zero-order chi connectivity index (χ0) is 19.7. The highest BCUT2D eigenvalue weighted by Crippen LogP contribution is 2.49. The zero-order valence-corrected chi connectivity index (χ0v) is 16.7. The molecule has 148 valence electrons. The molecule has 1 atom stereocenters. The molecular formula is C19H26FN3O3S. The summed E-state index contributed by atoms with van der Waals surface area (Å²) >= 11 is 0. The molecule has 1 aromatic heterocycles. The minimum Gasteiger partial charge on any atom is -0.385 e. The van der Waals surface area contributed by atoms with Gasteiger partial charge in [0, 0.05) is 43.8 Å². The Bertz CT molecular complexity index is 895. The van der Waals surface area contributed by atoms with E-state index in [1.165, 1.54) is 16.4 Å². The maximum atomic E-state index is 13.7. The first kappa shape index (κ1) is 20.0. The first-order chi connectivity index (χ1) is 12.8. The highest BCUT2D eigenvalue weighted by atomic mass is 32.2. The van der Waals surface area contributed by atoms with Gasteiger partial charge in [-0.05, 0) is 31.0 Å². The summed E-state index contributed by atoms with van der Waals surface area (Å²) in [5.74, 6) is 0.351. The normalized spacial score (nSPS) is 19.8. The molecule has 1 aromatic carbocycles. The molecule has 0 N–H and O–H groups in total. The molecule has 1 aliphatic rings. The standard InChI is InChI=1S/C19H26FN3O3S/c1-19(2)14-23(27(24,25)12-5-4-11-26-3)17(19)18-21-9-10-22(18)16-8-6-7-15(20)13-16/h6-10,13,17H,4-5,11-12,14H2,1-3H3. The fourth-order valence-electron chi connectivity index (χ4n) is 3.60. The van der Waals surface area contributed by atoms with Crippen LogP contribution < -0.4 is 0 Å². The highest BCUT2D eigenvalue weighted by Gasteiger charge is 2.53. The van der Waals surface area contributed by atoms with Crippen molar-refractivity contribution in [2.24, 2.45) is 5.41 Å². The molecule has 0 radical (unpaired) electrons. The second kappa shape index (κ2) is 7.69. The van der Waals surface area contributed by atoms with Gasteiger partial charge in [-0.1, -0.05) is 19.9 Å². The topological polar surface area (TPSA) is 64.4 Å². The lowest BCUT2D eigenvalue weighted by molar-refractivity contribution is 0.0128. The molecule has 1 aliphatic heterocycles. The molecule has 8 heteroatoms. The van der Waals surface area contributed by atoms with Crippen LogP contribution >= 0.6 is 0 Å². The van der Waals surface area contributed by atoms with Gasteiger partial charge in [-0.25, -0.2) is 17.8 Å². The summed E-state index contributed by atoms with van der Waals surface area (Å²) in [4.78, 5) is 4.43. The van der Waals surface area contributed by atoms with Crippen molar-refractivity contribution in [2.45, 2.75) is 32.7 Å². The van der Waals surface area contributed by atoms with Gasteiger partial charge in [0.2, 0.25) is 10.0 Å². The number of nitrogens with zero attached hydrogens (tertiary/aromatic N) is 3. The van der Waals surface area contributed by atoms with Gasteiger partial charge >= 0.3 is 0 Å². The van der Waals surface area contributed by atoms with Gasteiger partial charge < -0.3 is 9.30 Å². The Labute approximate surface area is 160 Å². The molecule has 3 rings (SSSR count). The van der Waals surface area contributed by atoms with Crippen molar-refractivity contribution in [1.82, 2.24) is 13.9 Å². The molecule has 6 nitrogen and oxygen atoms in total. The Hall–Kier alpha value is -1.77. The van der Waals surface area contributed by atoms with Gasteiger partial charge in [-0.3, -0.25) is 0 Å². The van der Waals surface area contributed by atoms with E-state index in [2.05, 4.69) is 4.98 Å². The molecule has 0 amide bonds. The predicted octanol–water partition coefficient (Wildman–Crippen LogP) is 3.15. The van der Waals surface area contributed by atoms with Gasteiger partial charge in [-0.15, -0.1) is 0 Å². The first-order valence-electron chi connectivity index (χ1n) is 9.04. The van der Waals surface area contributed by atoms with Crippen LogP contribution in [0.25, 0.3) is 5.69 Å². The fourth-order valence-corrected chi connectivity index (χ4v) is 5.64. The molecule has 1 unspecified atom stereocenters. The van der Waals surface area contributed by atoms with Gasteiger partial charge in [0.15, 0.2) is 0 Å². The van der Waals surface area contributed by atoms with Crippen LogP contribution in [0.5, 0.6) is 0 Å². The van der Waals surface area contributed by atoms with Crippen LogP contribution in [0.4, 0.5) is 4.39 Å². The summed E-state index contributed by atoms with van der Waals surface area (Å²) < 4.78 is 47.7. The monoisotopic (exact) mass is 395 g/mol. The number of imidazole rings is 1. The highest BCUT2D eigenvalue weighted by molar-refractivity contribution is 7.89. The van der Waals surface area contributed by atoms with Crippen LogP contribution in [0.2, 0.25) is 0 Å². The van der Waals surface area contributed by atoms with Crippen LogP contribution in [0, 0.1) is 11.2 Å². The van der Waals surface area contributed by atoms with Crippen molar-refractivity contribution in [1.29, 1.82) is 0 Å². The second-order valence-corrected chi connectivity index (χ2v) is 9.63. The summed E-state index contributed by atoms with van der Waals surface area (Å²) in [5, 5.41) is 0. The zero-order valence-electron chi connectivity index (χ0n) is 15.9. The molecule has 0 spiro atoms. The van der Waals surface area contributed by atoms with Gasteiger partial charge in [-0.2, -0.15) is 4.31 Å². The van der Waals surface area contributed by atoms with Crippen molar-refractivity contribution in [3.8, 4) is 5.69 Å². The van der Waals surface area contributed by atoms with E-state index in [-0.39, 0.29) is 23.0 Å². The van der Waals surface area contributed by atoms with E-state index < -0.39 is 10.0 Å². The van der Waals surface area contributed by atoms with Crippen LogP contribution in [0.3, 0.4) is 0 Å². The van der Waals surface area contributed by atoms with Gasteiger partial charge in [0.05, 0.1) is 11.8 Å². The van der Waals surface area contributed by atoms with E-state index >= 15 is 0 Å². The Kier molecular flexibility index (Phi) is 5.69. The SMILES string of the molecule is COCCCCS(=O)(=O)N1CC(C)(C)C1c1nccn1-c1cccc(F)c1. The number of unbranched alkanes of at least 4 members (excludes halogenated alkanes) is 1. The van der Waals surface area contributed by atoms with E-state index in [9.17, 15) is 12.8 Å². The number of hydrogen-bond donors (Lipinski definition) is 0. The minimum atomic E-state index is -3.41. The Balaban J connectivity index is 1.87. The molecule has 2 aromatic rings. The van der Waals surface area contributed by atoms with Crippen molar-refractivity contribution >= 4 is 10.0 Å². The van der Waals surface area contributed by atoms with Gasteiger partial charge in [0.25, 0.3) is 0 Å². The number of rotatable bonds is 8. The molecule has 1 fully saturated rings. The van der Waals surface area contributed by atoms with Crippen LogP contribution in [0.1, 0.15) is 38.6 Å². The summed E-state index contributed by atoms with van der Waals surface area (Å²) in [6.07, 6.45) is 4.62. The lowest BCUT2D eigenvalue weighted by Gasteiger charge is -2.52. The Morgan fingerprint density at radius 2 is 2.11 bits per heavy atom. The maximum absolute atomic E-state index is 13.7. The van der Waals surface area contributed by atoms with Gasteiger partial charge in [0.1, 0.15) is 11.6 Å². The summed E-state index contributed by atoms with van der Waals surface area (Å²) in [5.41, 5.74) is 0.374. The minimum absolute atomic E-state index is 0.0869. The largest absolute Gasteiger partial charge is 0.385 e. The van der Waals surface area contributed by atoms with Crippen LogP contribution in [-0.2, 0) is 14.8 Å². The second-order valence-electron chi connectivity index (χ2n) is 7.59. The van der Waals surface area contributed by atoms with Crippen molar-refractivity contribution < 1.29 is 17.5 Å². The van der Waals surface area contributed by atoms with Crippen molar-refractivity contribution in [3.05, 3.63) is 48.3 Å². The molecule has 1 saturated heterocycles. The number of ether oxygens (including phenoxy) is 1. The molecule has 0 aliphatic carbocycles. The molecular weight excluding hydrogens is 369 g/mol. The summed E-state index contributed by atoms with van der Waals surface area (Å²) in [7, 11) is -1.80. The fraction of sp³-hybridized carbons (Fsp3) is 0.526. The molecule has 27 heavy (non-hydrogen) atoms. The number of benzene rings is 1. The molecule has 2 heterocycles. The smallest absolute Gasteiger partial charge is 0.214 e. The number of sulfonamides is 1. The van der Waals surface area contributed by atoms with Crippen LogP contribution in [-0.4, -0.2) is 48.3 Å². The number of halogens is 1. The lowest BCUT2D eigenvalue weighted by Crippen LogP contribution is -2.58. The Morgan fingerprint density at radius 1 is 1.33 bits per heavy atom. The van der Waals surface area contributed by atoms with E-state index in [0.29, 0.717) is 37.5 Å². The molecule has 0 bridgehead atoms. The first-order valence-corrected chi connectivity index (χ1v) is 10.6. The average molecular weight is 396 g/mol. The number of hydrogen-bond acceptors (Lipinski definition) is 4. The summed E-state index contributed by atoms with van der Waals surface area (Å²) in [6.45, 7) is 5.05. The van der Waals surface area contributed by atoms with E-state index in [0.717, 1.165) is 0 Å². The van der Waals surface area contributed by atoms with E-state index in [1.54, 1.807) is 36.2 Å². The lowest BCUT2D eigenvalue weighted by atomic mass is 9.76. The van der Waals surface area contributed by atoms with E-state index in [1.807, 2.05) is 13.8 Å². The molecule has 0 saturated carbocycles. The Morgan fingerprint density at radius 3 is 2.78 bits per heavy atom. The number of methoxy groups -OCH3 is 1. The van der Waals surface area contributed by atoms with Crippen LogP contribution in [0.15, 0.2) is 36.7 Å². The summed E-state index contributed by atoms with van der Waals surface area (Å²) in [6, 6.07) is 5.82. The number of aromatic nitrogens is 2. The van der Waals surface area contributed by atoms with Crippen molar-refractivity contribution in [3.63, 3.8) is 0 Å². The quantitative estimate of drug-likeness (QED) is 0.644. The van der Waals surface area contributed by atoms with E-state index in [4.69, 9.17) is 4.74 Å².